The van der Waals surface area contributed by atoms with Crippen LogP contribution in [0.2, 0.25) is 0 Å². The fourth-order valence-corrected chi connectivity index (χ4v) is 2.24. The Hall–Kier alpha value is -1.63. The topological polar surface area (TPSA) is 64.7 Å². The minimum Gasteiger partial charge on any atom is -0.352 e. The molecule has 6 nitrogen and oxygen atoms in total. The van der Waals surface area contributed by atoms with Crippen molar-refractivity contribution in [3.05, 3.63) is 33.8 Å². The van der Waals surface area contributed by atoms with E-state index in [0.717, 1.165) is 21.4 Å². The summed E-state index contributed by atoms with van der Waals surface area (Å²) in [6, 6.07) is 0. The van der Waals surface area contributed by atoms with Crippen LogP contribution in [0.4, 0.5) is 0 Å². The van der Waals surface area contributed by atoms with Crippen LogP contribution in [0.5, 0.6) is 0 Å². The zero-order valence-corrected chi connectivity index (χ0v) is 13.4. The largest absolute Gasteiger partial charge is 0.352 e. The van der Waals surface area contributed by atoms with E-state index in [1.54, 1.807) is 9.36 Å². The third-order valence-electron chi connectivity index (χ3n) is 3.05. The molecule has 1 N–H and O–H groups in total. The van der Waals surface area contributed by atoms with Crippen LogP contribution >= 0.6 is 15.9 Å². The number of amides is 1. The third kappa shape index (κ3) is 3.69. The van der Waals surface area contributed by atoms with Crippen LogP contribution in [0.1, 0.15) is 23.4 Å². The van der Waals surface area contributed by atoms with E-state index in [4.69, 9.17) is 0 Å². The van der Waals surface area contributed by atoms with E-state index in [1.165, 1.54) is 0 Å². The molecule has 0 aliphatic rings. The van der Waals surface area contributed by atoms with Crippen molar-refractivity contribution >= 4 is 21.8 Å². The quantitative estimate of drug-likeness (QED) is 0.901. The summed E-state index contributed by atoms with van der Waals surface area (Å²) < 4.78 is 4.48. The first-order valence-electron chi connectivity index (χ1n) is 6.41. The number of hydrogen-bond acceptors (Lipinski definition) is 3. The number of aryl methyl sites for hydroxylation is 4. The molecular formula is C13H18BrN5O. The highest BCUT2D eigenvalue weighted by atomic mass is 79.9. The van der Waals surface area contributed by atoms with Crippen LogP contribution < -0.4 is 5.32 Å². The molecule has 0 fully saturated rings. The first kappa shape index (κ1) is 14.8. The van der Waals surface area contributed by atoms with Crippen molar-refractivity contribution < 1.29 is 4.79 Å². The van der Waals surface area contributed by atoms with Crippen molar-refractivity contribution in [2.24, 2.45) is 7.05 Å². The summed E-state index contributed by atoms with van der Waals surface area (Å²) in [5.74, 6) is 0.0116. The predicted molar refractivity (Wildman–Crippen MR) is 79.1 cm³/mol. The maximum atomic E-state index is 11.8. The van der Waals surface area contributed by atoms with Crippen molar-refractivity contribution in [3.63, 3.8) is 0 Å². The predicted octanol–water partition coefficient (Wildman–Crippen LogP) is 1.70. The number of carbonyl (C=O) groups is 1. The second kappa shape index (κ2) is 6.21. The third-order valence-corrected chi connectivity index (χ3v) is 3.82. The van der Waals surface area contributed by atoms with E-state index in [0.29, 0.717) is 19.5 Å². The van der Waals surface area contributed by atoms with E-state index in [-0.39, 0.29) is 5.91 Å². The van der Waals surface area contributed by atoms with Gasteiger partial charge >= 0.3 is 0 Å². The average molecular weight is 340 g/mol. The Balaban J connectivity index is 1.79. The van der Waals surface area contributed by atoms with Gasteiger partial charge in [0.15, 0.2) is 0 Å². The fraction of sp³-hybridized carbons (Fsp3) is 0.462. The number of carbonyl (C=O) groups excluding carboxylic acids is 1. The number of nitrogens with one attached hydrogen (secondary N) is 1. The Bertz CT molecular complexity index is 597. The molecule has 0 aliphatic carbocycles. The minimum atomic E-state index is 0.0116. The molecule has 0 atom stereocenters. The van der Waals surface area contributed by atoms with Crippen LogP contribution in [0.25, 0.3) is 0 Å². The summed E-state index contributed by atoms with van der Waals surface area (Å²) in [5, 5.41) is 11.4. The molecule has 0 aliphatic heterocycles. The Morgan fingerprint density at radius 1 is 1.30 bits per heavy atom. The number of hydrogen-bond donors (Lipinski definition) is 1. The lowest BCUT2D eigenvalue weighted by molar-refractivity contribution is -0.121. The maximum Gasteiger partial charge on any atom is 0.222 e. The molecule has 2 aromatic heterocycles. The van der Waals surface area contributed by atoms with Gasteiger partial charge < -0.3 is 5.32 Å². The van der Waals surface area contributed by atoms with E-state index < -0.39 is 0 Å². The lowest BCUT2D eigenvalue weighted by Gasteiger charge is -2.04. The Labute approximate surface area is 126 Å². The lowest BCUT2D eigenvalue weighted by atomic mass is 10.2. The second-order valence-corrected chi connectivity index (χ2v) is 5.62. The van der Waals surface area contributed by atoms with Gasteiger partial charge in [-0.1, -0.05) is 0 Å². The normalized spacial score (nSPS) is 10.8. The molecule has 1 amide bonds. The summed E-state index contributed by atoms with van der Waals surface area (Å²) in [6.07, 6.45) is 4.21. The zero-order chi connectivity index (χ0) is 14.7. The van der Waals surface area contributed by atoms with Crippen LogP contribution in [-0.2, 0) is 24.9 Å². The van der Waals surface area contributed by atoms with Gasteiger partial charge in [-0.2, -0.15) is 10.2 Å². The molecule has 0 spiro atoms. The molecule has 2 aromatic rings. The van der Waals surface area contributed by atoms with Gasteiger partial charge in [0.2, 0.25) is 5.91 Å². The highest BCUT2D eigenvalue weighted by Crippen LogP contribution is 2.13. The molecule has 0 saturated heterocycles. The van der Waals surface area contributed by atoms with Crippen molar-refractivity contribution in [3.8, 4) is 0 Å². The van der Waals surface area contributed by atoms with E-state index in [2.05, 4.69) is 31.4 Å². The molecule has 2 rings (SSSR count). The smallest absolute Gasteiger partial charge is 0.222 e. The van der Waals surface area contributed by atoms with Gasteiger partial charge in [-0.15, -0.1) is 0 Å². The van der Waals surface area contributed by atoms with Gasteiger partial charge in [0.1, 0.15) is 0 Å². The van der Waals surface area contributed by atoms with Crippen molar-refractivity contribution in [1.29, 1.82) is 0 Å². The average Bonchev–Trinajstić information content (AvgIpc) is 2.87. The molecule has 2 heterocycles. The second-order valence-electron chi connectivity index (χ2n) is 4.77. The van der Waals surface area contributed by atoms with E-state index >= 15 is 0 Å². The molecular weight excluding hydrogens is 322 g/mol. The van der Waals surface area contributed by atoms with Crippen LogP contribution in [0.15, 0.2) is 16.9 Å². The van der Waals surface area contributed by atoms with Crippen molar-refractivity contribution in [1.82, 2.24) is 24.9 Å². The van der Waals surface area contributed by atoms with Crippen LogP contribution in [0.3, 0.4) is 0 Å². The first-order valence-corrected chi connectivity index (χ1v) is 7.20. The zero-order valence-electron chi connectivity index (χ0n) is 11.9. The monoisotopic (exact) mass is 339 g/mol. The molecule has 0 saturated carbocycles. The minimum absolute atomic E-state index is 0.0116. The summed E-state index contributed by atoms with van der Waals surface area (Å²) in [4.78, 5) is 11.8. The standard InChI is InChI=1S/C13H18BrN5O/c1-9-11(7-18(3)16-9)6-15-13(20)4-5-19-8-12(14)10(2)17-19/h7-8H,4-6H2,1-3H3,(H,15,20). The van der Waals surface area contributed by atoms with Gasteiger partial charge in [0.25, 0.3) is 0 Å². The van der Waals surface area contributed by atoms with Gasteiger partial charge in [0, 0.05) is 44.5 Å². The summed E-state index contributed by atoms with van der Waals surface area (Å²) in [7, 11) is 1.87. The molecule has 0 unspecified atom stereocenters. The number of rotatable bonds is 5. The molecule has 0 bridgehead atoms. The van der Waals surface area contributed by atoms with Gasteiger partial charge in [-0.05, 0) is 29.8 Å². The van der Waals surface area contributed by atoms with Gasteiger partial charge in [-0.3, -0.25) is 14.2 Å². The summed E-state index contributed by atoms with van der Waals surface area (Å²) in [5.41, 5.74) is 2.91. The first-order chi connectivity index (χ1) is 9.45. The fourth-order valence-electron chi connectivity index (χ4n) is 1.93. The van der Waals surface area contributed by atoms with E-state index in [9.17, 15) is 4.79 Å². The highest BCUT2D eigenvalue weighted by Gasteiger charge is 2.07. The Morgan fingerprint density at radius 2 is 2.05 bits per heavy atom. The van der Waals surface area contributed by atoms with Gasteiger partial charge in [0.05, 0.1) is 15.9 Å². The van der Waals surface area contributed by atoms with E-state index in [1.807, 2.05) is 33.3 Å². The summed E-state index contributed by atoms with van der Waals surface area (Å²) >= 11 is 3.40. The number of aromatic nitrogens is 4. The molecule has 7 heteroatoms. The SMILES string of the molecule is Cc1nn(CCC(=O)NCc2cn(C)nc2C)cc1Br. The molecule has 20 heavy (non-hydrogen) atoms. The molecule has 108 valence electrons. The highest BCUT2D eigenvalue weighted by molar-refractivity contribution is 9.10. The number of halogens is 1. The summed E-state index contributed by atoms with van der Waals surface area (Å²) in [6.45, 7) is 4.95. The van der Waals surface area contributed by atoms with Crippen LogP contribution in [0, 0.1) is 13.8 Å². The van der Waals surface area contributed by atoms with Gasteiger partial charge in [-0.25, -0.2) is 0 Å². The molecule has 0 aromatic carbocycles. The van der Waals surface area contributed by atoms with Crippen molar-refractivity contribution in [2.75, 3.05) is 0 Å². The van der Waals surface area contributed by atoms with Crippen LogP contribution in [-0.4, -0.2) is 25.5 Å². The Morgan fingerprint density at radius 3 is 2.60 bits per heavy atom. The lowest BCUT2D eigenvalue weighted by Crippen LogP contribution is -2.24. The number of nitrogens with zero attached hydrogens (tertiary/aromatic N) is 4. The molecule has 0 radical (unpaired) electrons. The van der Waals surface area contributed by atoms with Crippen molar-refractivity contribution in [2.45, 2.75) is 33.4 Å². The maximum absolute atomic E-state index is 11.8. The Kier molecular flexibility index (Phi) is 4.59.